The number of rotatable bonds is 4. The summed E-state index contributed by atoms with van der Waals surface area (Å²) in [5.74, 6) is 6.19. The van der Waals surface area contributed by atoms with Crippen molar-refractivity contribution in [1.82, 2.24) is 5.43 Å². The molecule has 1 heterocycles. The molecule has 0 spiro atoms. The van der Waals surface area contributed by atoms with Gasteiger partial charge in [0.05, 0.1) is 17.2 Å². The van der Waals surface area contributed by atoms with Gasteiger partial charge in [-0.2, -0.15) is 5.26 Å². The Balaban J connectivity index is 2.08. The molecule has 102 valence electrons. The number of carbonyl (C=O) groups is 1. The van der Waals surface area contributed by atoms with Crippen molar-refractivity contribution in [3.63, 3.8) is 0 Å². The standard InChI is InChI=1S/C14H13N3O3/c1-9-13(14(18)17-16)6-12(20-9)8-19-11-4-2-3-10(5-11)7-15/h2-6H,8,16H2,1H3,(H,17,18). The SMILES string of the molecule is Cc1oc(COc2cccc(C#N)c2)cc1C(=O)NN. The molecule has 2 rings (SSSR count). The Labute approximate surface area is 115 Å². The molecule has 6 nitrogen and oxygen atoms in total. The second kappa shape index (κ2) is 5.91. The van der Waals surface area contributed by atoms with E-state index in [1.807, 2.05) is 11.5 Å². The van der Waals surface area contributed by atoms with Gasteiger partial charge in [0.1, 0.15) is 23.9 Å². The molecule has 3 N–H and O–H groups in total. The third-order valence-electron chi connectivity index (χ3n) is 2.69. The highest BCUT2D eigenvalue weighted by molar-refractivity contribution is 5.94. The fraction of sp³-hybridized carbons (Fsp3) is 0.143. The van der Waals surface area contributed by atoms with Crippen LogP contribution in [0.5, 0.6) is 5.75 Å². The van der Waals surface area contributed by atoms with E-state index in [1.54, 1.807) is 37.3 Å². The first kappa shape index (κ1) is 13.6. The van der Waals surface area contributed by atoms with Crippen LogP contribution in [0.3, 0.4) is 0 Å². The fourth-order valence-corrected chi connectivity index (χ4v) is 1.73. The smallest absolute Gasteiger partial charge is 0.268 e. The average Bonchev–Trinajstić information content (AvgIpc) is 2.85. The Morgan fingerprint density at radius 1 is 1.50 bits per heavy atom. The van der Waals surface area contributed by atoms with Crippen molar-refractivity contribution in [2.75, 3.05) is 0 Å². The van der Waals surface area contributed by atoms with Gasteiger partial charge in [0.15, 0.2) is 0 Å². The van der Waals surface area contributed by atoms with Crippen LogP contribution in [-0.4, -0.2) is 5.91 Å². The molecule has 0 bridgehead atoms. The molecule has 20 heavy (non-hydrogen) atoms. The summed E-state index contributed by atoms with van der Waals surface area (Å²) in [5.41, 5.74) is 2.94. The molecule has 0 aliphatic rings. The van der Waals surface area contributed by atoms with Gasteiger partial charge in [-0.3, -0.25) is 10.2 Å². The molecule has 0 atom stereocenters. The van der Waals surface area contributed by atoms with E-state index in [0.717, 1.165) is 0 Å². The van der Waals surface area contributed by atoms with Crippen LogP contribution in [0.2, 0.25) is 0 Å². The third kappa shape index (κ3) is 2.96. The van der Waals surface area contributed by atoms with E-state index in [2.05, 4.69) is 0 Å². The predicted molar refractivity (Wildman–Crippen MR) is 70.6 cm³/mol. The molecule has 1 aromatic heterocycles. The van der Waals surface area contributed by atoms with Gasteiger partial charge in [-0.15, -0.1) is 0 Å². The topological polar surface area (TPSA) is 101 Å². The Morgan fingerprint density at radius 3 is 3.00 bits per heavy atom. The summed E-state index contributed by atoms with van der Waals surface area (Å²) < 4.78 is 10.9. The van der Waals surface area contributed by atoms with E-state index in [0.29, 0.717) is 28.4 Å². The number of nitrogens with two attached hydrogens (primary N) is 1. The lowest BCUT2D eigenvalue weighted by Gasteiger charge is -2.03. The Morgan fingerprint density at radius 2 is 2.30 bits per heavy atom. The van der Waals surface area contributed by atoms with Crippen LogP contribution in [0.1, 0.15) is 27.4 Å². The van der Waals surface area contributed by atoms with Gasteiger partial charge < -0.3 is 9.15 Å². The molecular formula is C14H13N3O3. The van der Waals surface area contributed by atoms with E-state index in [4.69, 9.17) is 20.3 Å². The van der Waals surface area contributed by atoms with Crippen molar-refractivity contribution in [2.45, 2.75) is 13.5 Å². The number of nitriles is 1. The van der Waals surface area contributed by atoms with E-state index in [-0.39, 0.29) is 6.61 Å². The van der Waals surface area contributed by atoms with Gasteiger partial charge >= 0.3 is 0 Å². The lowest BCUT2D eigenvalue weighted by molar-refractivity contribution is 0.0952. The summed E-state index contributed by atoms with van der Waals surface area (Å²) in [6.07, 6.45) is 0. The van der Waals surface area contributed by atoms with Crippen LogP contribution in [-0.2, 0) is 6.61 Å². The quantitative estimate of drug-likeness (QED) is 0.500. The summed E-state index contributed by atoms with van der Waals surface area (Å²) in [6, 6.07) is 10.4. The minimum absolute atomic E-state index is 0.160. The minimum atomic E-state index is -0.413. The molecule has 0 aliphatic carbocycles. The van der Waals surface area contributed by atoms with Crippen LogP contribution in [0.25, 0.3) is 0 Å². The number of nitrogens with one attached hydrogen (secondary N) is 1. The lowest BCUT2D eigenvalue weighted by atomic mass is 10.2. The number of hydrogen-bond acceptors (Lipinski definition) is 5. The fourth-order valence-electron chi connectivity index (χ4n) is 1.73. The molecular weight excluding hydrogens is 258 g/mol. The van der Waals surface area contributed by atoms with Crippen molar-refractivity contribution in [1.29, 1.82) is 5.26 Å². The number of hydrazine groups is 1. The maximum Gasteiger partial charge on any atom is 0.268 e. The lowest BCUT2D eigenvalue weighted by Crippen LogP contribution is -2.30. The maximum absolute atomic E-state index is 11.4. The highest BCUT2D eigenvalue weighted by atomic mass is 16.5. The largest absolute Gasteiger partial charge is 0.486 e. The molecule has 6 heteroatoms. The van der Waals surface area contributed by atoms with Gasteiger partial charge in [-0.05, 0) is 31.2 Å². The van der Waals surface area contributed by atoms with Gasteiger partial charge in [0.25, 0.3) is 5.91 Å². The monoisotopic (exact) mass is 271 g/mol. The van der Waals surface area contributed by atoms with Gasteiger partial charge in [0, 0.05) is 0 Å². The number of furan rings is 1. The number of carbonyl (C=O) groups excluding carboxylic acids is 1. The number of nitrogens with zero attached hydrogens (tertiary/aromatic N) is 1. The Kier molecular flexibility index (Phi) is 4.03. The van der Waals surface area contributed by atoms with Crippen LogP contribution < -0.4 is 16.0 Å². The van der Waals surface area contributed by atoms with Gasteiger partial charge in [0.2, 0.25) is 0 Å². The second-order valence-corrected chi connectivity index (χ2v) is 4.08. The highest BCUT2D eigenvalue weighted by Gasteiger charge is 2.14. The number of aryl methyl sites for hydroxylation is 1. The molecule has 0 unspecified atom stereocenters. The average molecular weight is 271 g/mol. The molecule has 1 aromatic carbocycles. The van der Waals surface area contributed by atoms with Crippen molar-refractivity contribution in [3.05, 3.63) is 53.0 Å². The summed E-state index contributed by atoms with van der Waals surface area (Å²) in [4.78, 5) is 11.4. The maximum atomic E-state index is 11.4. The zero-order valence-corrected chi connectivity index (χ0v) is 10.8. The number of ether oxygens (including phenoxy) is 1. The summed E-state index contributed by atoms with van der Waals surface area (Å²) in [6.45, 7) is 1.83. The first-order chi connectivity index (χ1) is 9.63. The number of nitrogen functional groups attached to an aromatic ring is 1. The first-order valence-electron chi connectivity index (χ1n) is 5.87. The number of benzene rings is 1. The zero-order valence-electron chi connectivity index (χ0n) is 10.8. The van der Waals surface area contributed by atoms with Crippen LogP contribution >= 0.6 is 0 Å². The van der Waals surface area contributed by atoms with Crippen molar-refractivity contribution < 1.29 is 13.9 Å². The van der Waals surface area contributed by atoms with Crippen molar-refractivity contribution >= 4 is 5.91 Å². The summed E-state index contributed by atoms with van der Waals surface area (Å²) >= 11 is 0. The van der Waals surface area contributed by atoms with Crippen LogP contribution in [0, 0.1) is 18.3 Å². The predicted octanol–water partition coefficient (Wildman–Crippen LogP) is 1.64. The van der Waals surface area contributed by atoms with Crippen molar-refractivity contribution in [3.8, 4) is 11.8 Å². The van der Waals surface area contributed by atoms with Gasteiger partial charge in [-0.25, -0.2) is 5.84 Å². The third-order valence-corrected chi connectivity index (χ3v) is 2.69. The molecule has 0 aliphatic heterocycles. The number of amides is 1. The van der Waals surface area contributed by atoms with E-state index in [1.165, 1.54) is 0 Å². The molecule has 0 saturated carbocycles. The molecule has 0 radical (unpaired) electrons. The molecule has 0 fully saturated rings. The van der Waals surface area contributed by atoms with Crippen LogP contribution in [0.4, 0.5) is 0 Å². The van der Waals surface area contributed by atoms with Crippen LogP contribution in [0.15, 0.2) is 34.7 Å². The van der Waals surface area contributed by atoms with E-state index < -0.39 is 5.91 Å². The normalized spacial score (nSPS) is 9.85. The Bertz CT molecular complexity index is 671. The molecule has 2 aromatic rings. The first-order valence-corrected chi connectivity index (χ1v) is 5.87. The van der Waals surface area contributed by atoms with Gasteiger partial charge in [-0.1, -0.05) is 6.07 Å². The second-order valence-electron chi connectivity index (χ2n) is 4.08. The zero-order chi connectivity index (χ0) is 14.5. The molecule has 1 amide bonds. The van der Waals surface area contributed by atoms with E-state index >= 15 is 0 Å². The number of hydrogen-bond donors (Lipinski definition) is 2. The summed E-state index contributed by atoms with van der Waals surface area (Å²) in [7, 11) is 0. The van der Waals surface area contributed by atoms with E-state index in [9.17, 15) is 4.79 Å². The van der Waals surface area contributed by atoms with Crippen molar-refractivity contribution in [2.24, 2.45) is 5.84 Å². The highest BCUT2D eigenvalue weighted by Crippen LogP contribution is 2.18. The Hall–Kier alpha value is -2.78. The molecule has 0 saturated heterocycles. The minimum Gasteiger partial charge on any atom is -0.486 e. The summed E-state index contributed by atoms with van der Waals surface area (Å²) in [5, 5.41) is 8.79.